The molecule has 0 aromatic carbocycles. The number of rotatable bonds is 6. The van der Waals surface area contributed by atoms with Crippen molar-refractivity contribution in [3.05, 3.63) is 83.5 Å². The molecule has 0 aliphatic heterocycles. The number of fused-ring (bicyclic) bond motifs is 1. The van der Waals surface area contributed by atoms with Crippen LogP contribution in [0.4, 0.5) is 5.82 Å². The molecule has 4 nitrogen and oxygen atoms in total. The molecule has 3 aromatic heterocycles. The van der Waals surface area contributed by atoms with E-state index in [-0.39, 0.29) is 0 Å². The van der Waals surface area contributed by atoms with Crippen LogP contribution in [0.2, 0.25) is 0 Å². The number of anilines is 1. The van der Waals surface area contributed by atoms with Gasteiger partial charge in [0.05, 0.1) is 11.0 Å². The number of nitrogens with zero attached hydrogens (tertiary/aromatic N) is 3. The number of nitrogens with one attached hydrogen (secondary N) is 1. The third kappa shape index (κ3) is 8.46. The van der Waals surface area contributed by atoms with E-state index in [1.54, 1.807) is 6.20 Å². The van der Waals surface area contributed by atoms with Gasteiger partial charge >= 0.3 is 0 Å². The Hall–Kier alpha value is -3.27. The van der Waals surface area contributed by atoms with Gasteiger partial charge in [0.1, 0.15) is 5.82 Å². The van der Waals surface area contributed by atoms with E-state index in [9.17, 15) is 0 Å². The molecule has 0 aliphatic carbocycles. The predicted octanol–water partition coefficient (Wildman–Crippen LogP) is 8.17. The number of aromatic nitrogens is 3. The molecule has 3 heterocycles. The van der Waals surface area contributed by atoms with Gasteiger partial charge in [0.15, 0.2) is 0 Å². The molecule has 170 valence electrons. The van der Waals surface area contributed by atoms with Crippen molar-refractivity contribution in [1.82, 2.24) is 15.0 Å². The maximum absolute atomic E-state index is 4.73. The Morgan fingerprint density at radius 3 is 2.28 bits per heavy atom. The van der Waals surface area contributed by atoms with Crippen molar-refractivity contribution >= 4 is 29.0 Å². The van der Waals surface area contributed by atoms with Crippen LogP contribution in [0.3, 0.4) is 0 Å². The molecule has 32 heavy (non-hydrogen) atoms. The van der Waals surface area contributed by atoms with E-state index in [2.05, 4.69) is 55.1 Å². The molecule has 0 amide bonds. The van der Waals surface area contributed by atoms with Gasteiger partial charge in [0.2, 0.25) is 0 Å². The van der Waals surface area contributed by atoms with Gasteiger partial charge in [-0.2, -0.15) is 0 Å². The fraction of sp³-hybridized carbons (Fsp3) is 0.321. The minimum Gasteiger partial charge on any atom is -0.344 e. The summed E-state index contributed by atoms with van der Waals surface area (Å²) in [5.74, 6) is 1.31. The summed E-state index contributed by atoms with van der Waals surface area (Å²) in [6.45, 7) is 16.5. The van der Waals surface area contributed by atoms with Gasteiger partial charge in [-0.1, -0.05) is 65.8 Å². The molecule has 0 spiro atoms. The maximum atomic E-state index is 4.73. The average Bonchev–Trinajstić information content (AvgIpc) is 2.84. The lowest BCUT2D eigenvalue weighted by Crippen LogP contribution is -2.01. The molecule has 3 aromatic rings. The van der Waals surface area contributed by atoms with Crippen LogP contribution in [0, 0.1) is 5.92 Å². The number of allylic oxidation sites excluding steroid dienone is 4. The molecule has 0 saturated heterocycles. The fourth-order valence-corrected chi connectivity index (χ4v) is 2.92. The predicted molar refractivity (Wildman–Crippen MR) is 141 cm³/mol. The van der Waals surface area contributed by atoms with E-state index in [1.165, 1.54) is 5.57 Å². The summed E-state index contributed by atoms with van der Waals surface area (Å²) in [5.41, 5.74) is 6.16. The first-order chi connectivity index (χ1) is 15.5. The summed E-state index contributed by atoms with van der Waals surface area (Å²) in [6, 6.07) is 9.94. The Labute approximate surface area is 194 Å². The lowest BCUT2D eigenvalue weighted by Gasteiger charge is -2.10. The lowest BCUT2D eigenvalue weighted by atomic mass is 10.0. The standard InChI is InChI=1S/C24H26N4.2C2H6/c1-5-21(17(2)3)13-18(4)27-24-11-10-22-23(28-24)14-20(16-26-22)9-8-19-7-6-12-25-15-19;2*1-2/h5-17H,1-4H3,(H,27,28);2*1-2H3/b9-8+,18-13+,21-5+;;. The van der Waals surface area contributed by atoms with Gasteiger partial charge < -0.3 is 5.32 Å². The van der Waals surface area contributed by atoms with Crippen molar-refractivity contribution in [2.24, 2.45) is 5.92 Å². The normalized spacial score (nSPS) is 11.7. The van der Waals surface area contributed by atoms with Gasteiger partial charge in [-0.05, 0) is 66.8 Å². The molecule has 3 rings (SSSR count). The smallest absolute Gasteiger partial charge is 0.130 e. The van der Waals surface area contributed by atoms with Crippen LogP contribution in [0.15, 0.2) is 72.3 Å². The molecule has 0 radical (unpaired) electrons. The molecule has 0 unspecified atom stereocenters. The number of pyridine rings is 3. The second-order valence-electron chi connectivity index (χ2n) is 7.02. The highest BCUT2D eigenvalue weighted by atomic mass is 15.0. The minimum atomic E-state index is 0.490. The highest BCUT2D eigenvalue weighted by Gasteiger charge is 2.03. The monoisotopic (exact) mass is 430 g/mol. The first kappa shape index (κ1) is 26.8. The molecular formula is C28H38N4. The van der Waals surface area contributed by atoms with Crippen LogP contribution in [0.5, 0.6) is 0 Å². The lowest BCUT2D eigenvalue weighted by molar-refractivity contribution is 0.788. The Bertz CT molecular complexity index is 1030. The largest absolute Gasteiger partial charge is 0.344 e. The van der Waals surface area contributed by atoms with Crippen LogP contribution in [-0.2, 0) is 0 Å². The molecule has 0 bridgehead atoms. The van der Waals surface area contributed by atoms with E-state index >= 15 is 0 Å². The second-order valence-corrected chi connectivity index (χ2v) is 7.02. The molecule has 1 N–H and O–H groups in total. The topological polar surface area (TPSA) is 50.7 Å². The Morgan fingerprint density at radius 2 is 1.66 bits per heavy atom. The van der Waals surface area contributed by atoms with Crippen molar-refractivity contribution in [1.29, 1.82) is 0 Å². The number of hydrogen-bond acceptors (Lipinski definition) is 4. The molecule has 0 atom stereocenters. The van der Waals surface area contributed by atoms with E-state index < -0.39 is 0 Å². The van der Waals surface area contributed by atoms with Crippen LogP contribution in [-0.4, -0.2) is 15.0 Å². The van der Waals surface area contributed by atoms with E-state index in [4.69, 9.17) is 4.98 Å². The van der Waals surface area contributed by atoms with Gasteiger partial charge in [0, 0.05) is 24.3 Å². The maximum Gasteiger partial charge on any atom is 0.130 e. The molecule has 0 aliphatic rings. The van der Waals surface area contributed by atoms with Crippen molar-refractivity contribution in [2.45, 2.75) is 55.4 Å². The summed E-state index contributed by atoms with van der Waals surface area (Å²) in [6.07, 6.45) is 13.8. The van der Waals surface area contributed by atoms with Crippen molar-refractivity contribution in [3.63, 3.8) is 0 Å². The zero-order valence-electron chi connectivity index (χ0n) is 20.8. The summed E-state index contributed by atoms with van der Waals surface area (Å²) >= 11 is 0. The average molecular weight is 431 g/mol. The van der Waals surface area contributed by atoms with Crippen LogP contribution in [0.1, 0.15) is 66.5 Å². The zero-order valence-corrected chi connectivity index (χ0v) is 20.8. The molecule has 0 fully saturated rings. The van der Waals surface area contributed by atoms with Crippen LogP contribution < -0.4 is 5.32 Å². The summed E-state index contributed by atoms with van der Waals surface area (Å²) in [5, 5.41) is 3.39. The third-order valence-electron chi connectivity index (χ3n) is 4.42. The number of hydrogen-bond donors (Lipinski definition) is 1. The van der Waals surface area contributed by atoms with E-state index in [1.807, 2.05) is 82.6 Å². The van der Waals surface area contributed by atoms with Gasteiger partial charge in [-0.15, -0.1) is 0 Å². The first-order valence-electron chi connectivity index (χ1n) is 11.5. The fourth-order valence-electron chi connectivity index (χ4n) is 2.92. The molecule has 0 saturated carbocycles. The highest BCUT2D eigenvalue weighted by molar-refractivity contribution is 5.80. The van der Waals surface area contributed by atoms with Crippen molar-refractivity contribution < 1.29 is 0 Å². The van der Waals surface area contributed by atoms with Crippen molar-refractivity contribution in [2.75, 3.05) is 5.32 Å². The quantitative estimate of drug-likeness (QED) is 0.401. The molecule has 4 heteroatoms. The van der Waals surface area contributed by atoms with E-state index in [0.29, 0.717) is 5.92 Å². The van der Waals surface area contributed by atoms with Gasteiger partial charge in [0.25, 0.3) is 0 Å². The highest BCUT2D eigenvalue weighted by Crippen LogP contribution is 2.18. The SMILES string of the molecule is C/C=C(\C=C(/C)Nc1ccc2ncc(/C=C/c3cccnc3)cc2n1)C(C)C.CC.CC. The molecular weight excluding hydrogens is 392 g/mol. The van der Waals surface area contributed by atoms with E-state index in [0.717, 1.165) is 33.7 Å². The van der Waals surface area contributed by atoms with Crippen LogP contribution in [0.25, 0.3) is 23.2 Å². The minimum absolute atomic E-state index is 0.490. The summed E-state index contributed by atoms with van der Waals surface area (Å²) in [7, 11) is 0. The summed E-state index contributed by atoms with van der Waals surface area (Å²) < 4.78 is 0. The zero-order chi connectivity index (χ0) is 23.9. The second kappa shape index (κ2) is 14.7. The van der Waals surface area contributed by atoms with Crippen LogP contribution >= 0.6 is 0 Å². The summed E-state index contributed by atoms with van der Waals surface area (Å²) in [4.78, 5) is 13.4. The van der Waals surface area contributed by atoms with Gasteiger partial charge in [-0.3, -0.25) is 9.97 Å². The Kier molecular flexibility index (Phi) is 12.3. The Balaban J connectivity index is 0.00000121. The van der Waals surface area contributed by atoms with Gasteiger partial charge in [-0.25, -0.2) is 4.98 Å². The Morgan fingerprint density at radius 1 is 0.938 bits per heavy atom. The first-order valence-corrected chi connectivity index (χ1v) is 11.5. The third-order valence-corrected chi connectivity index (χ3v) is 4.42. The van der Waals surface area contributed by atoms with Crippen molar-refractivity contribution in [3.8, 4) is 0 Å².